The van der Waals surface area contributed by atoms with Gasteiger partial charge in [-0.1, -0.05) is 0 Å². The molecule has 0 fully saturated rings. The topological polar surface area (TPSA) is 102 Å². The maximum absolute atomic E-state index is 10.7. The quantitative estimate of drug-likeness (QED) is 0.492. The van der Waals surface area contributed by atoms with Crippen molar-refractivity contribution < 1.29 is 20.1 Å². The van der Waals surface area contributed by atoms with Crippen molar-refractivity contribution in [3.05, 3.63) is 23.8 Å². The first-order valence-corrected chi connectivity index (χ1v) is 4.13. The monoisotopic (exact) mass is 208 g/mol. The summed E-state index contributed by atoms with van der Waals surface area (Å²) in [6.07, 6.45) is 0.926. The van der Waals surface area contributed by atoms with Gasteiger partial charge >= 0.3 is 5.97 Å². The van der Waals surface area contributed by atoms with Crippen LogP contribution in [0.1, 0.15) is 10.4 Å². The summed E-state index contributed by atoms with van der Waals surface area (Å²) in [5.74, 6) is -3.32. The number of carboxylic acids is 1. The van der Waals surface area contributed by atoms with Gasteiger partial charge in [0, 0.05) is 0 Å². The summed E-state index contributed by atoms with van der Waals surface area (Å²) >= 11 is 0. The fraction of sp³-hybridized carbons (Fsp3) is 0.111. The number of nitrogens with zero attached hydrogens (tertiary/aromatic N) is 1. The molecule has 1 aliphatic rings. The molecule has 4 N–H and O–H groups in total. The maximum Gasteiger partial charge on any atom is 0.335 e. The predicted octanol–water partition coefficient (Wildman–Crippen LogP) is 0.151. The van der Waals surface area contributed by atoms with Crippen molar-refractivity contribution >= 4 is 23.6 Å². The number of carboxylic acid groups (broad SMARTS) is 1. The summed E-state index contributed by atoms with van der Waals surface area (Å²) in [7, 11) is 0. The number of carbonyl (C=O) groups is 1. The van der Waals surface area contributed by atoms with Gasteiger partial charge in [0.25, 0.3) is 5.91 Å². The van der Waals surface area contributed by atoms with E-state index in [0.29, 0.717) is 5.69 Å². The zero-order valence-electron chi connectivity index (χ0n) is 7.51. The van der Waals surface area contributed by atoms with Gasteiger partial charge in [0.15, 0.2) is 0 Å². The molecule has 0 saturated heterocycles. The summed E-state index contributed by atoms with van der Waals surface area (Å²) in [5.41, 5.74) is 0.773. The second-order valence-corrected chi connectivity index (χ2v) is 3.15. The number of anilines is 1. The van der Waals surface area contributed by atoms with Gasteiger partial charge in [-0.25, -0.2) is 4.79 Å². The van der Waals surface area contributed by atoms with E-state index >= 15 is 0 Å². The molecule has 1 aliphatic heterocycles. The third kappa shape index (κ3) is 1.80. The highest BCUT2D eigenvalue weighted by Crippen LogP contribution is 2.30. The number of aliphatic hydroxyl groups is 2. The highest BCUT2D eigenvalue weighted by atomic mass is 16.5. The molecule has 0 radical (unpaired) electrons. The van der Waals surface area contributed by atoms with Crippen molar-refractivity contribution in [2.24, 2.45) is 4.99 Å². The third-order valence-corrected chi connectivity index (χ3v) is 1.95. The molecule has 0 unspecified atom stereocenters. The first-order chi connectivity index (χ1) is 6.98. The molecule has 0 atom stereocenters. The van der Waals surface area contributed by atoms with Gasteiger partial charge in [-0.05, 0) is 18.2 Å². The van der Waals surface area contributed by atoms with E-state index in [9.17, 15) is 15.0 Å². The van der Waals surface area contributed by atoms with Crippen molar-refractivity contribution in [3.63, 3.8) is 0 Å². The smallest absolute Gasteiger partial charge is 0.335 e. The minimum absolute atomic E-state index is 0.0501. The summed E-state index contributed by atoms with van der Waals surface area (Å²) in [6, 6.07) is 4.16. The Balaban J connectivity index is 2.46. The van der Waals surface area contributed by atoms with E-state index in [-0.39, 0.29) is 11.3 Å². The SMILES string of the molecule is O=C(O)c1ccc2c(c1)NC(O)(O)C=N2. The van der Waals surface area contributed by atoms with Crippen LogP contribution >= 0.6 is 0 Å². The average Bonchev–Trinajstić information content (AvgIpc) is 2.15. The Morgan fingerprint density at radius 1 is 1.40 bits per heavy atom. The van der Waals surface area contributed by atoms with Gasteiger partial charge < -0.3 is 20.6 Å². The summed E-state index contributed by atoms with van der Waals surface area (Å²) in [5, 5.41) is 29.5. The molecular weight excluding hydrogens is 200 g/mol. The molecule has 0 aromatic heterocycles. The molecule has 15 heavy (non-hydrogen) atoms. The van der Waals surface area contributed by atoms with Crippen molar-refractivity contribution in [1.82, 2.24) is 0 Å². The van der Waals surface area contributed by atoms with Crippen molar-refractivity contribution in [2.45, 2.75) is 5.91 Å². The van der Waals surface area contributed by atoms with Crippen LogP contribution in [0.5, 0.6) is 0 Å². The molecule has 1 aromatic carbocycles. The van der Waals surface area contributed by atoms with E-state index in [4.69, 9.17) is 5.11 Å². The van der Waals surface area contributed by atoms with E-state index in [0.717, 1.165) is 6.21 Å². The Bertz CT molecular complexity index is 453. The van der Waals surface area contributed by atoms with Crippen LogP contribution in [-0.2, 0) is 0 Å². The lowest BCUT2D eigenvalue weighted by molar-refractivity contribution is -0.0693. The Morgan fingerprint density at radius 3 is 2.80 bits per heavy atom. The number of hydrogen-bond donors (Lipinski definition) is 4. The van der Waals surface area contributed by atoms with Gasteiger partial charge in [-0.3, -0.25) is 4.99 Å². The van der Waals surface area contributed by atoms with Gasteiger partial charge in [0.2, 0.25) is 0 Å². The van der Waals surface area contributed by atoms with Crippen molar-refractivity contribution in [3.8, 4) is 0 Å². The second-order valence-electron chi connectivity index (χ2n) is 3.15. The second kappa shape index (κ2) is 3.04. The molecule has 0 bridgehead atoms. The van der Waals surface area contributed by atoms with Gasteiger partial charge in [-0.15, -0.1) is 0 Å². The third-order valence-electron chi connectivity index (χ3n) is 1.95. The molecule has 1 aromatic rings. The van der Waals surface area contributed by atoms with Crippen LogP contribution in [-0.4, -0.2) is 33.4 Å². The lowest BCUT2D eigenvalue weighted by Crippen LogP contribution is -2.40. The molecule has 1 heterocycles. The van der Waals surface area contributed by atoms with E-state index < -0.39 is 11.9 Å². The minimum Gasteiger partial charge on any atom is -0.478 e. The fourth-order valence-corrected chi connectivity index (χ4v) is 1.27. The van der Waals surface area contributed by atoms with Crippen molar-refractivity contribution in [2.75, 3.05) is 5.32 Å². The molecule has 78 valence electrons. The number of rotatable bonds is 1. The summed E-state index contributed by atoms with van der Waals surface area (Å²) in [4.78, 5) is 14.4. The van der Waals surface area contributed by atoms with Crippen LogP contribution in [0.3, 0.4) is 0 Å². The van der Waals surface area contributed by atoms with E-state index in [2.05, 4.69) is 10.3 Å². The normalized spacial score (nSPS) is 16.7. The Morgan fingerprint density at radius 2 is 2.13 bits per heavy atom. The molecule has 0 amide bonds. The number of aliphatic imine (C=N–C) groups is 1. The zero-order chi connectivity index (χ0) is 11.1. The number of nitrogens with one attached hydrogen (secondary N) is 1. The minimum atomic E-state index is -2.23. The Kier molecular flexibility index (Phi) is 1.95. The highest BCUT2D eigenvalue weighted by molar-refractivity contribution is 5.92. The van der Waals surface area contributed by atoms with E-state index in [1.165, 1.54) is 18.2 Å². The molecule has 6 heteroatoms. The largest absolute Gasteiger partial charge is 0.478 e. The fourth-order valence-electron chi connectivity index (χ4n) is 1.27. The standard InChI is InChI=1S/C9H8N2O4/c12-8(13)5-1-2-6-7(3-5)11-9(14,15)4-10-6/h1-4,11,14-15H,(H,12,13). The zero-order valence-corrected chi connectivity index (χ0v) is 7.51. The highest BCUT2D eigenvalue weighted by Gasteiger charge is 2.25. The number of hydrogen-bond acceptors (Lipinski definition) is 5. The molecule has 0 aliphatic carbocycles. The molecule has 0 saturated carbocycles. The lowest BCUT2D eigenvalue weighted by Gasteiger charge is -2.24. The first-order valence-electron chi connectivity index (χ1n) is 4.13. The van der Waals surface area contributed by atoms with Gasteiger partial charge in [-0.2, -0.15) is 0 Å². The van der Waals surface area contributed by atoms with E-state index in [1.807, 2.05) is 0 Å². The summed E-state index contributed by atoms with van der Waals surface area (Å²) in [6.45, 7) is 0. The number of fused-ring (bicyclic) bond motifs is 1. The molecule has 6 nitrogen and oxygen atoms in total. The molecular formula is C9H8N2O4. The number of benzene rings is 1. The summed E-state index contributed by atoms with van der Waals surface area (Å²) < 4.78 is 0. The van der Waals surface area contributed by atoms with Crippen LogP contribution in [0, 0.1) is 0 Å². The van der Waals surface area contributed by atoms with Gasteiger partial charge in [0.1, 0.15) is 0 Å². The van der Waals surface area contributed by atoms with Crippen LogP contribution in [0.4, 0.5) is 11.4 Å². The Labute approximate surface area is 84.5 Å². The van der Waals surface area contributed by atoms with E-state index in [1.54, 1.807) is 0 Å². The maximum atomic E-state index is 10.7. The van der Waals surface area contributed by atoms with Crippen LogP contribution in [0.15, 0.2) is 23.2 Å². The average molecular weight is 208 g/mol. The number of aromatic carboxylic acids is 1. The predicted molar refractivity (Wildman–Crippen MR) is 52.3 cm³/mol. The van der Waals surface area contributed by atoms with Crippen LogP contribution < -0.4 is 5.32 Å². The van der Waals surface area contributed by atoms with Crippen molar-refractivity contribution in [1.29, 1.82) is 0 Å². The molecule has 2 rings (SSSR count). The first kappa shape index (κ1) is 9.63. The Hall–Kier alpha value is -1.92. The van der Waals surface area contributed by atoms with Crippen LogP contribution in [0.2, 0.25) is 0 Å². The van der Waals surface area contributed by atoms with Gasteiger partial charge in [0.05, 0.1) is 23.2 Å². The lowest BCUT2D eigenvalue weighted by atomic mass is 10.1. The molecule has 0 spiro atoms. The van der Waals surface area contributed by atoms with Crippen LogP contribution in [0.25, 0.3) is 0 Å².